The molecule has 2 rings (SSSR count). The lowest BCUT2D eigenvalue weighted by Gasteiger charge is -2.36. The van der Waals surface area contributed by atoms with E-state index in [1.807, 2.05) is 0 Å². The van der Waals surface area contributed by atoms with Gasteiger partial charge in [-0.05, 0) is 19.3 Å². The van der Waals surface area contributed by atoms with Gasteiger partial charge in [0.05, 0.1) is 11.8 Å². The monoisotopic (exact) mass is 278 g/mol. The van der Waals surface area contributed by atoms with Gasteiger partial charge in [0.15, 0.2) is 0 Å². The average molecular weight is 278 g/mol. The summed E-state index contributed by atoms with van der Waals surface area (Å²) in [6.45, 7) is 0.382. The Hall–Kier alpha value is -1.27. The molecule has 7 heteroatoms. The highest BCUT2D eigenvalue weighted by molar-refractivity contribution is 5.83. The van der Waals surface area contributed by atoms with Crippen LogP contribution in [0.25, 0.3) is 0 Å². The standard InChI is InChI=1S/C12H17F3N2O2/c13-12(14,15)9-2-1-5-17(7-9)11(19)8-3-4-10(18)16-6-8/h8-9H,1-7H2,(H,16,18). The van der Waals surface area contributed by atoms with Crippen LogP contribution in [0, 0.1) is 11.8 Å². The summed E-state index contributed by atoms with van der Waals surface area (Å²) in [7, 11) is 0. The van der Waals surface area contributed by atoms with Crippen LogP contribution in [-0.2, 0) is 9.59 Å². The number of likely N-dealkylation sites (tertiary alicyclic amines) is 1. The van der Waals surface area contributed by atoms with Gasteiger partial charge in [0.2, 0.25) is 11.8 Å². The quantitative estimate of drug-likeness (QED) is 0.786. The molecular weight excluding hydrogens is 261 g/mol. The van der Waals surface area contributed by atoms with Gasteiger partial charge < -0.3 is 10.2 Å². The fraction of sp³-hybridized carbons (Fsp3) is 0.833. The van der Waals surface area contributed by atoms with Crippen molar-refractivity contribution in [2.45, 2.75) is 31.9 Å². The summed E-state index contributed by atoms with van der Waals surface area (Å²) in [5.41, 5.74) is 0. The fourth-order valence-corrected chi connectivity index (χ4v) is 2.65. The van der Waals surface area contributed by atoms with Crippen molar-refractivity contribution in [2.24, 2.45) is 11.8 Å². The summed E-state index contributed by atoms with van der Waals surface area (Å²) in [5, 5.41) is 2.58. The Morgan fingerprint density at radius 1 is 1.32 bits per heavy atom. The highest BCUT2D eigenvalue weighted by Crippen LogP contribution is 2.33. The second-order valence-corrected chi connectivity index (χ2v) is 5.20. The minimum atomic E-state index is -4.24. The first-order chi connectivity index (χ1) is 8.88. The second-order valence-electron chi connectivity index (χ2n) is 5.20. The third-order valence-corrected chi connectivity index (χ3v) is 3.81. The van der Waals surface area contributed by atoms with E-state index in [0.717, 1.165) is 0 Å². The first-order valence-electron chi connectivity index (χ1n) is 6.50. The molecule has 1 N–H and O–H groups in total. The van der Waals surface area contributed by atoms with E-state index in [0.29, 0.717) is 19.4 Å². The van der Waals surface area contributed by atoms with Crippen molar-refractivity contribution in [3.63, 3.8) is 0 Å². The van der Waals surface area contributed by atoms with E-state index in [2.05, 4.69) is 5.32 Å². The maximum Gasteiger partial charge on any atom is 0.393 e. The highest BCUT2D eigenvalue weighted by atomic mass is 19.4. The predicted octanol–water partition coefficient (Wildman–Crippen LogP) is 1.31. The van der Waals surface area contributed by atoms with Crippen molar-refractivity contribution < 1.29 is 22.8 Å². The third-order valence-electron chi connectivity index (χ3n) is 3.81. The highest BCUT2D eigenvalue weighted by Gasteiger charge is 2.43. The SMILES string of the molecule is O=C1CCC(C(=O)N2CCCC(C(F)(F)F)C2)CN1. The van der Waals surface area contributed by atoms with Crippen molar-refractivity contribution in [1.82, 2.24) is 10.2 Å². The molecule has 0 radical (unpaired) electrons. The number of nitrogens with one attached hydrogen (secondary N) is 1. The van der Waals surface area contributed by atoms with Crippen LogP contribution in [0.2, 0.25) is 0 Å². The largest absolute Gasteiger partial charge is 0.393 e. The van der Waals surface area contributed by atoms with Crippen molar-refractivity contribution in [2.75, 3.05) is 19.6 Å². The summed E-state index contributed by atoms with van der Waals surface area (Å²) in [5.74, 6) is -2.14. The van der Waals surface area contributed by atoms with E-state index in [4.69, 9.17) is 0 Å². The zero-order chi connectivity index (χ0) is 14.0. The van der Waals surface area contributed by atoms with Gasteiger partial charge in [0.25, 0.3) is 0 Å². The number of carbonyl (C=O) groups excluding carboxylic acids is 2. The van der Waals surface area contributed by atoms with Crippen LogP contribution in [0.15, 0.2) is 0 Å². The molecule has 0 spiro atoms. The molecule has 2 aliphatic rings. The number of nitrogens with zero attached hydrogens (tertiary/aromatic N) is 1. The number of hydrogen-bond donors (Lipinski definition) is 1. The summed E-state index contributed by atoms with van der Waals surface area (Å²) >= 11 is 0. The summed E-state index contributed by atoms with van der Waals surface area (Å²) in [6.07, 6.45) is -3.06. The maximum atomic E-state index is 12.7. The molecular formula is C12H17F3N2O2. The van der Waals surface area contributed by atoms with Gasteiger partial charge in [-0.2, -0.15) is 13.2 Å². The number of halogens is 3. The van der Waals surface area contributed by atoms with E-state index < -0.39 is 12.1 Å². The molecule has 2 fully saturated rings. The van der Waals surface area contributed by atoms with E-state index in [1.165, 1.54) is 4.90 Å². The third kappa shape index (κ3) is 3.39. The van der Waals surface area contributed by atoms with E-state index >= 15 is 0 Å². The Balaban J connectivity index is 1.93. The number of rotatable bonds is 1. The predicted molar refractivity (Wildman–Crippen MR) is 61.1 cm³/mol. The molecule has 0 aliphatic carbocycles. The fourth-order valence-electron chi connectivity index (χ4n) is 2.65. The summed E-state index contributed by atoms with van der Waals surface area (Å²) in [6, 6.07) is 0. The molecule has 0 aromatic rings. The molecule has 0 bridgehead atoms. The van der Waals surface area contributed by atoms with E-state index in [-0.39, 0.29) is 43.7 Å². The van der Waals surface area contributed by atoms with Crippen LogP contribution in [0.4, 0.5) is 13.2 Å². The van der Waals surface area contributed by atoms with Gasteiger partial charge in [-0.3, -0.25) is 9.59 Å². The van der Waals surface area contributed by atoms with Crippen molar-refractivity contribution >= 4 is 11.8 Å². The van der Waals surface area contributed by atoms with Gasteiger partial charge in [0, 0.05) is 26.1 Å². The van der Waals surface area contributed by atoms with Crippen molar-refractivity contribution in [3.8, 4) is 0 Å². The van der Waals surface area contributed by atoms with Gasteiger partial charge in [-0.1, -0.05) is 0 Å². The first-order valence-corrected chi connectivity index (χ1v) is 6.50. The lowest BCUT2D eigenvalue weighted by Crippen LogP contribution is -2.50. The van der Waals surface area contributed by atoms with Crippen LogP contribution in [0.5, 0.6) is 0 Å². The number of carbonyl (C=O) groups is 2. The summed E-state index contributed by atoms with van der Waals surface area (Å²) < 4.78 is 38.0. The molecule has 2 atom stereocenters. The smallest absolute Gasteiger partial charge is 0.355 e. The minimum Gasteiger partial charge on any atom is -0.355 e. The molecule has 2 aliphatic heterocycles. The lowest BCUT2D eigenvalue weighted by molar-refractivity contribution is -0.188. The van der Waals surface area contributed by atoms with Gasteiger partial charge >= 0.3 is 6.18 Å². The minimum absolute atomic E-state index is 0.0919. The van der Waals surface area contributed by atoms with Crippen LogP contribution in [0.3, 0.4) is 0 Å². The second kappa shape index (κ2) is 5.38. The number of amides is 2. The molecule has 0 aromatic carbocycles. The molecule has 0 aromatic heterocycles. The molecule has 4 nitrogen and oxygen atoms in total. The van der Waals surface area contributed by atoms with Crippen molar-refractivity contribution in [3.05, 3.63) is 0 Å². The van der Waals surface area contributed by atoms with Crippen LogP contribution < -0.4 is 5.32 Å². The Morgan fingerprint density at radius 2 is 2.05 bits per heavy atom. The maximum absolute atomic E-state index is 12.7. The van der Waals surface area contributed by atoms with Crippen molar-refractivity contribution in [1.29, 1.82) is 0 Å². The number of alkyl halides is 3. The molecule has 2 amide bonds. The van der Waals surface area contributed by atoms with Gasteiger partial charge in [-0.15, -0.1) is 0 Å². The zero-order valence-electron chi connectivity index (χ0n) is 10.5. The molecule has 19 heavy (non-hydrogen) atoms. The van der Waals surface area contributed by atoms with E-state index in [9.17, 15) is 22.8 Å². The number of hydrogen-bond acceptors (Lipinski definition) is 2. The topological polar surface area (TPSA) is 49.4 Å². The molecule has 2 saturated heterocycles. The Labute approximate surface area is 109 Å². The Morgan fingerprint density at radius 3 is 2.63 bits per heavy atom. The molecule has 2 unspecified atom stereocenters. The Bertz CT molecular complexity index is 360. The first kappa shape index (κ1) is 14.1. The number of piperidine rings is 2. The normalized spacial score (nSPS) is 29.0. The lowest BCUT2D eigenvalue weighted by atomic mass is 9.93. The molecule has 2 heterocycles. The van der Waals surface area contributed by atoms with Crippen LogP contribution in [-0.4, -0.2) is 42.5 Å². The Kier molecular flexibility index (Phi) is 4.01. The molecule has 0 saturated carbocycles. The zero-order valence-corrected chi connectivity index (χ0v) is 10.5. The van der Waals surface area contributed by atoms with Gasteiger partial charge in [-0.25, -0.2) is 0 Å². The molecule has 108 valence electrons. The van der Waals surface area contributed by atoms with Crippen LogP contribution in [0.1, 0.15) is 25.7 Å². The van der Waals surface area contributed by atoms with Crippen LogP contribution >= 0.6 is 0 Å². The van der Waals surface area contributed by atoms with Gasteiger partial charge in [0.1, 0.15) is 0 Å². The summed E-state index contributed by atoms with van der Waals surface area (Å²) in [4.78, 5) is 24.5. The van der Waals surface area contributed by atoms with E-state index in [1.54, 1.807) is 0 Å². The average Bonchev–Trinajstić information content (AvgIpc) is 2.38.